The van der Waals surface area contributed by atoms with Crippen LogP contribution in [-0.4, -0.2) is 23.7 Å². The molecule has 0 aromatic carbocycles. The predicted octanol–water partition coefficient (Wildman–Crippen LogP) is 1.96. The molecule has 1 nitrogen and oxygen atoms in total. The summed E-state index contributed by atoms with van der Waals surface area (Å²) in [4.78, 5) is 10.7. The molecule has 0 aromatic rings. The third-order valence-electron chi connectivity index (χ3n) is 1.78. The van der Waals surface area contributed by atoms with Gasteiger partial charge in [-0.15, -0.1) is 0 Å². The molecule has 1 rings (SSSR count). The summed E-state index contributed by atoms with van der Waals surface area (Å²) >= 11 is 1.59. The van der Waals surface area contributed by atoms with Crippen molar-refractivity contribution in [1.29, 1.82) is 0 Å². The summed E-state index contributed by atoms with van der Waals surface area (Å²) in [6.07, 6.45) is -1.22. The van der Waals surface area contributed by atoms with Crippen LogP contribution in [0.4, 0.5) is 8.78 Å². The fourth-order valence-corrected chi connectivity index (χ4v) is 2.30. The Labute approximate surface area is 68.5 Å². The summed E-state index contributed by atoms with van der Waals surface area (Å²) in [5, 5.41) is 0. The summed E-state index contributed by atoms with van der Waals surface area (Å²) in [7, 11) is 0. The van der Waals surface area contributed by atoms with E-state index in [-0.39, 0.29) is 5.92 Å². The van der Waals surface area contributed by atoms with Crippen molar-refractivity contribution >= 4 is 17.5 Å². The fourth-order valence-electron chi connectivity index (χ4n) is 1.14. The van der Waals surface area contributed by atoms with Crippen LogP contribution < -0.4 is 0 Å². The molecule has 0 spiro atoms. The highest BCUT2D eigenvalue weighted by Gasteiger charge is 2.27. The lowest BCUT2D eigenvalue weighted by Crippen LogP contribution is -2.26. The zero-order valence-electron chi connectivity index (χ0n) is 6.06. The number of ketones is 1. The number of Topliss-reactive ketones (excluding diaryl/α,β-unsaturated/α-hetero) is 1. The van der Waals surface area contributed by atoms with E-state index < -0.39 is 12.2 Å². The minimum Gasteiger partial charge on any atom is -0.293 e. The summed E-state index contributed by atoms with van der Waals surface area (Å²) in [5.74, 6) is 0.349. The predicted molar refractivity (Wildman–Crippen MR) is 41.1 cm³/mol. The first-order valence-corrected chi connectivity index (χ1v) is 4.77. The number of halogens is 2. The SMILES string of the molecule is O=C(C(F)F)C1CCCSC1. The van der Waals surface area contributed by atoms with Gasteiger partial charge in [0.15, 0.2) is 0 Å². The second kappa shape index (κ2) is 4.04. The van der Waals surface area contributed by atoms with Crippen LogP contribution >= 0.6 is 11.8 Å². The monoisotopic (exact) mass is 180 g/mol. The van der Waals surface area contributed by atoms with Crippen molar-refractivity contribution in [2.75, 3.05) is 11.5 Å². The van der Waals surface area contributed by atoms with Gasteiger partial charge < -0.3 is 0 Å². The van der Waals surface area contributed by atoms with E-state index in [1.54, 1.807) is 11.8 Å². The molecule has 11 heavy (non-hydrogen) atoms. The van der Waals surface area contributed by atoms with Crippen LogP contribution in [-0.2, 0) is 4.79 Å². The molecule has 1 aliphatic heterocycles. The van der Waals surface area contributed by atoms with E-state index in [4.69, 9.17) is 0 Å². The number of alkyl halides is 2. The maximum absolute atomic E-state index is 11.9. The number of carbonyl (C=O) groups is 1. The van der Waals surface area contributed by atoms with Gasteiger partial charge in [-0.25, -0.2) is 8.78 Å². The first-order chi connectivity index (χ1) is 5.22. The van der Waals surface area contributed by atoms with Crippen molar-refractivity contribution in [3.63, 3.8) is 0 Å². The van der Waals surface area contributed by atoms with Gasteiger partial charge >= 0.3 is 0 Å². The Balaban J connectivity index is 2.39. The topological polar surface area (TPSA) is 17.1 Å². The highest BCUT2D eigenvalue weighted by atomic mass is 32.2. The van der Waals surface area contributed by atoms with Gasteiger partial charge in [-0.05, 0) is 18.6 Å². The first kappa shape index (κ1) is 8.97. The van der Waals surface area contributed by atoms with Gasteiger partial charge in [-0.2, -0.15) is 11.8 Å². The van der Waals surface area contributed by atoms with E-state index in [0.29, 0.717) is 12.2 Å². The highest BCUT2D eigenvalue weighted by Crippen LogP contribution is 2.24. The molecule has 0 radical (unpaired) electrons. The summed E-state index contributed by atoms with van der Waals surface area (Å²) in [6, 6.07) is 0. The number of thioether (sulfide) groups is 1. The minimum atomic E-state index is -2.77. The van der Waals surface area contributed by atoms with Crippen molar-refractivity contribution in [1.82, 2.24) is 0 Å². The third-order valence-corrected chi connectivity index (χ3v) is 2.99. The molecule has 0 N–H and O–H groups in total. The smallest absolute Gasteiger partial charge is 0.293 e. The normalized spacial score (nSPS) is 25.5. The zero-order chi connectivity index (χ0) is 8.27. The summed E-state index contributed by atoms with van der Waals surface area (Å²) in [6.45, 7) is 0. The maximum atomic E-state index is 11.9. The van der Waals surface area contributed by atoms with Crippen LogP contribution in [0.5, 0.6) is 0 Å². The highest BCUT2D eigenvalue weighted by molar-refractivity contribution is 7.99. The molecule has 0 aliphatic carbocycles. The lowest BCUT2D eigenvalue weighted by Gasteiger charge is -2.19. The number of hydrogen-bond acceptors (Lipinski definition) is 2. The van der Waals surface area contributed by atoms with Crippen LogP contribution in [0.15, 0.2) is 0 Å². The van der Waals surface area contributed by atoms with Gasteiger partial charge in [-0.3, -0.25) is 4.79 Å². The third kappa shape index (κ3) is 2.43. The van der Waals surface area contributed by atoms with Gasteiger partial charge in [0.2, 0.25) is 5.78 Å². The molecule has 4 heteroatoms. The lowest BCUT2D eigenvalue weighted by atomic mass is 10.0. The van der Waals surface area contributed by atoms with Crippen LogP contribution in [0.3, 0.4) is 0 Å². The molecule has 1 fully saturated rings. The Bertz CT molecular complexity index is 143. The minimum absolute atomic E-state index is 0.381. The Morgan fingerprint density at radius 3 is 2.73 bits per heavy atom. The number of carbonyl (C=O) groups excluding carboxylic acids is 1. The van der Waals surface area contributed by atoms with Gasteiger partial charge in [0.05, 0.1) is 0 Å². The molecule has 1 aliphatic rings. The largest absolute Gasteiger partial charge is 0.296 e. The molecule has 1 heterocycles. The molecular weight excluding hydrogens is 170 g/mol. The van der Waals surface area contributed by atoms with Crippen molar-refractivity contribution in [2.45, 2.75) is 19.3 Å². The second-order valence-corrected chi connectivity index (χ2v) is 3.77. The average molecular weight is 180 g/mol. The Morgan fingerprint density at radius 2 is 2.27 bits per heavy atom. The van der Waals surface area contributed by atoms with Crippen LogP contribution in [0.1, 0.15) is 12.8 Å². The van der Waals surface area contributed by atoms with Crippen LogP contribution in [0.2, 0.25) is 0 Å². The summed E-state index contributed by atoms with van der Waals surface area (Å²) < 4.78 is 23.7. The standard InChI is InChI=1S/C7H10F2OS/c8-7(9)6(10)5-2-1-3-11-4-5/h5,7H,1-4H2. The van der Waals surface area contributed by atoms with E-state index in [2.05, 4.69) is 0 Å². The molecule has 64 valence electrons. The molecule has 0 saturated carbocycles. The van der Waals surface area contributed by atoms with E-state index >= 15 is 0 Å². The Hall–Kier alpha value is -0.120. The lowest BCUT2D eigenvalue weighted by molar-refractivity contribution is -0.133. The maximum Gasteiger partial charge on any atom is 0.296 e. The van der Waals surface area contributed by atoms with Crippen LogP contribution in [0, 0.1) is 5.92 Å². The Kier molecular flexibility index (Phi) is 3.30. The molecule has 0 amide bonds. The van der Waals surface area contributed by atoms with E-state index in [1.165, 1.54) is 0 Å². The van der Waals surface area contributed by atoms with Crippen molar-refractivity contribution in [3.05, 3.63) is 0 Å². The van der Waals surface area contributed by atoms with Gasteiger partial charge in [0.25, 0.3) is 6.43 Å². The molecule has 1 atom stereocenters. The molecule has 0 bridgehead atoms. The zero-order valence-corrected chi connectivity index (χ0v) is 6.87. The molecular formula is C7H10F2OS. The van der Waals surface area contributed by atoms with Crippen molar-refractivity contribution < 1.29 is 13.6 Å². The molecule has 1 unspecified atom stereocenters. The molecule has 0 aromatic heterocycles. The van der Waals surface area contributed by atoms with Crippen LogP contribution in [0.25, 0.3) is 0 Å². The van der Waals surface area contributed by atoms with Gasteiger partial charge in [-0.1, -0.05) is 0 Å². The van der Waals surface area contributed by atoms with E-state index in [0.717, 1.165) is 12.2 Å². The van der Waals surface area contributed by atoms with Crippen molar-refractivity contribution in [3.8, 4) is 0 Å². The van der Waals surface area contributed by atoms with Gasteiger partial charge in [0.1, 0.15) is 0 Å². The molecule has 1 saturated heterocycles. The van der Waals surface area contributed by atoms with E-state index in [9.17, 15) is 13.6 Å². The second-order valence-electron chi connectivity index (χ2n) is 2.62. The van der Waals surface area contributed by atoms with Crippen molar-refractivity contribution in [2.24, 2.45) is 5.92 Å². The van der Waals surface area contributed by atoms with Gasteiger partial charge in [0, 0.05) is 11.7 Å². The first-order valence-electron chi connectivity index (χ1n) is 3.61. The average Bonchev–Trinajstić information content (AvgIpc) is 2.05. The quantitative estimate of drug-likeness (QED) is 0.646. The number of rotatable bonds is 2. The van der Waals surface area contributed by atoms with E-state index in [1.807, 2.05) is 0 Å². The number of hydrogen-bond donors (Lipinski definition) is 0. The summed E-state index contributed by atoms with van der Waals surface area (Å²) in [5.41, 5.74) is 0. The Morgan fingerprint density at radius 1 is 1.55 bits per heavy atom. The fraction of sp³-hybridized carbons (Fsp3) is 0.857.